The lowest BCUT2D eigenvalue weighted by Crippen LogP contribution is -2.45. The van der Waals surface area contributed by atoms with Crippen molar-refractivity contribution < 1.29 is 14.0 Å². The van der Waals surface area contributed by atoms with E-state index in [9.17, 15) is 19.2 Å². The third kappa shape index (κ3) is 5.25. The Hall–Kier alpha value is -3.50. The summed E-state index contributed by atoms with van der Waals surface area (Å²) < 4.78 is 6.33. The fourth-order valence-corrected chi connectivity index (χ4v) is 2.57. The monoisotopic (exact) mass is 392 g/mol. The van der Waals surface area contributed by atoms with E-state index in [1.165, 1.54) is 22.8 Å². The Morgan fingerprint density at radius 3 is 2.75 bits per heavy atom. The van der Waals surface area contributed by atoms with Gasteiger partial charge in [0, 0.05) is 13.6 Å². The van der Waals surface area contributed by atoms with Gasteiger partial charge in [-0.05, 0) is 18.6 Å². The van der Waals surface area contributed by atoms with Crippen LogP contribution in [0.5, 0.6) is 0 Å². The lowest BCUT2D eigenvalue weighted by atomic mass is 10.3. The fraction of sp³-hybridized carbons (Fsp3) is 0.412. The average molecular weight is 392 g/mol. The van der Waals surface area contributed by atoms with Crippen LogP contribution in [0.3, 0.4) is 0 Å². The van der Waals surface area contributed by atoms with Gasteiger partial charge >= 0.3 is 11.7 Å². The first-order chi connectivity index (χ1) is 13.3. The third-order valence-corrected chi connectivity index (χ3v) is 3.97. The molecule has 0 aliphatic heterocycles. The van der Waals surface area contributed by atoms with E-state index in [1.807, 2.05) is 6.92 Å². The predicted molar refractivity (Wildman–Crippen MR) is 103 cm³/mol. The first-order valence-electron chi connectivity index (χ1n) is 8.77. The molecule has 0 unspecified atom stereocenters. The second-order valence-electron chi connectivity index (χ2n) is 6.16. The molecule has 3 amide bonds. The molecule has 0 aromatic carbocycles. The molecule has 0 radical (unpaired) electrons. The number of aromatic amines is 1. The van der Waals surface area contributed by atoms with Crippen LogP contribution in [0.4, 0.5) is 16.3 Å². The smallest absolute Gasteiger partial charge is 0.330 e. The molecule has 2 aromatic rings. The van der Waals surface area contributed by atoms with Gasteiger partial charge in [-0.3, -0.25) is 24.5 Å². The molecule has 0 saturated heterocycles. The van der Waals surface area contributed by atoms with Gasteiger partial charge < -0.3 is 20.4 Å². The molecular formula is C17H24N6O5. The van der Waals surface area contributed by atoms with E-state index in [0.717, 1.165) is 6.42 Å². The summed E-state index contributed by atoms with van der Waals surface area (Å²) in [6.07, 6.45) is 3.01. The molecule has 28 heavy (non-hydrogen) atoms. The normalized spacial score (nSPS) is 10.5. The molecule has 5 N–H and O–H groups in total. The van der Waals surface area contributed by atoms with Crippen molar-refractivity contribution in [3.8, 4) is 0 Å². The van der Waals surface area contributed by atoms with E-state index < -0.39 is 23.2 Å². The van der Waals surface area contributed by atoms with Crippen LogP contribution in [0.15, 0.2) is 32.4 Å². The quantitative estimate of drug-likeness (QED) is 0.492. The molecule has 2 aromatic heterocycles. The Morgan fingerprint density at radius 1 is 1.36 bits per heavy atom. The number of amides is 3. The zero-order valence-electron chi connectivity index (χ0n) is 15.8. The third-order valence-electron chi connectivity index (χ3n) is 3.97. The Kier molecular flexibility index (Phi) is 7.02. The number of hydrogen-bond acceptors (Lipinski definition) is 7. The van der Waals surface area contributed by atoms with Gasteiger partial charge in [0.25, 0.3) is 5.56 Å². The van der Waals surface area contributed by atoms with Crippen molar-refractivity contribution in [1.82, 2.24) is 20.2 Å². The van der Waals surface area contributed by atoms with E-state index >= 15 is 0 Å². The topological polar surface area (TPSA) is 155 Å². The molecule has 0 saturated carbocycles. The number of H-pyrrole nitrogens is 1. The summed E-state index contributed by atoms with van der Waals surface area (Å²) in [4.78, 5) is 51.4. The van der Waals surface area contributed by atoms with E-state index in [4.69, 9.17) is 10.2 Å². The summed E-state index contributed by atoms with van der Waals surface area (Å²) in [7, 11) is 1.47. The highest BCUT2D eigenvalue weighted by molar-refractivity contribution is 5.96. The number of carbonyl (C=O) groups excluding carboxylic acids is 2. The molecule has 0 bridgehead atoms. The number of nitrogens with two attached hydrogens (primary N) is 1. The molecule has 152 valence electrons. The molecule has 0 fully saturated rings. The van der Waals surface area contributed by atoms with Crippen molar-refractivity contribution in [3.63, 3.8) is 0 Å². The SMILES string of the molecule is CCCCn1c(N)c(N(C)CC(=O)NC(=O)NCc2ccco2)c(=O)[nH]c1=O. The van der Waals surface area contributed by atoms with Gasteiger partial charge in [-0.15, -0.1) is 0 Å². The minimum atomic E-state index is -0.704. The molecule has 0 aliphatic rings. The minimum absolute atomic E-state index is 0.0122. The highest BCUT2D eigenvalue weighted by atomic mass is 16.3. The maximum absolute atomic E-state index is 12.2. The van der Waals surface area contributed by atoms with E-state index in [-0.39, 0.29) is 24.6 Å². The van der Waals surface area contributed by atoms with Gasteiger partial charge in [0.15, 0.2) is 0 Å². The maximum Gasteiger partial charge on any atom is 0.330 e. The van der Waals surface area contributed by atoms with Crippen LogP contribution < -0.4 is 32.5 Å². The van der Waals surface area contributed by atoms with Crippen LogP contribution in [0.25, 0.3) is 0 Å². The number of anilines is 2. The number of likely N-dealkylation sites (N-methyl/N-ethyl adjacent to an activating group) is 1. The molecule has 0 spiro atoms. The van der Waals surface area contributed by atoms with E-state index in [1.54, 1.807) is 12.1 Å². The van der Waals surface area contributed by atoms with Gasteiger partial charge in [-0.2, -0.15) is 0 Å². The number of aromatic nitrogens is 2. The second-order valence-corrected chi connectivity index (χ2v) is 6.16. The number of rotatable bonds is 8. The average Bonchev–Trinajstić information content (AvgIpc) is 3.12. The summed E-state index contributed by atoms with van der Waals surface area (Å²) in [6, 6.07) is 2.65. The van der Waals surface area contributed by atoms with Crippen LogP contribution in [-0.4, -0.2) is 35.1 Å². The number of hydrogen-bond donors (Lipinski definition) is 4. The number of unbranched alkanes of at least 4 members (excludes halogenated alkanes) is 1. The van der Waals surface area contributed by atoms with Gasteiger partial charge in [0.1, 0.15) is 17.3 Å². The Labute approximate surface area is 160 Å². The summed E-state index contributed by atoms with van der Waals surface area (Å²) in [5, 5.41) is 4.62. The minimum Gasteiger partial charge on any atom is -0.467 e. The van der Waals surface area contributed by atoms with Crippen molar-refractivity contribution in [1.29, 1.82) is 0 Å². The lowest BCUT2D eigenvalue weighted by Gasteiger charge is -2.21. The van der Waals surface area contributed by atoms with Gasteiger partial charge in [0.05, 0.1) is 19.4 Å². The standard InChI is InChI=1S/C17H24N6O5/c1-3-4-7-23-14(18)13(15(25)21-17(23)27)22(2)10-12(24)20-16(26)19-9-11-6-5-8-28-11/h5-6,8H,3-4,7,9-10,18H2,1-2H3,(H,21,25,27)(H2,19,20,24,26). The fourth-order valence-electron chi connectivity index (χ4n) is 2.57. The van der Waals surface area contributed by atoms with Crippen LogP contribution in [0.1, 0.15) is 25.5 Å². The molecule has 2 rings (SSSR count). The summed E-state index contributed by atoms with van der Waals surface area (Å²) in [5.74, 6) is -0.141. The van der Waals surface area contributed by atoms with Gasteiger partial charge in [-0.25, -0.2) is 9.59 Å². The van der Waals surface area contributed by atoms with Crippen LogP contribution >= 0.6 is 0 Å². The van der Waals surface area contributed by atoms with E-state index in [2.05, 4.69) is 15.6 Å². The maximum atomic E-state index is 12.2. The second kappa shape index (κ2) is 9.44. The van der Waals surface area contributed by atoms with E-state index in [0.29, 0.717) is 18.7 Å². The Morgan fingerprint density at radius 2 is 2.11 bits per heavy atom. The van der Waals surface area contributed by atoms with Crippen molar-refractivity contribution in [2.24, 2.45) is 0 Å². The summed E-state index contributed by atoms with van der Waals surface area (Å²) in [5.41, 5.74) is 4.67. The molecule has 0 aliphatic carbocycles. The highest BCUT2D eigenvalue weighted by Crippen LogP contribution is 2.15. The van der Waals surface area contributed by atoms with Crippen molar-refractivity contribution in [3.05, 3.63) is 45.0 Å². The number of furan rings is 1. The number of nitrogens with one attached hydrogen (secondary N) is 3. The summed E-state index contributed by atoms with van der Waals surface area (Å²) >= 11 is 0. The lowest BCUT2D eigenvalue weighted by molar-refractivity contribution is -0.118. The number of nitrogen functional groups attached to an aromatic ring is 1. The first kappa shape index (κ1) is 20.8. The number of carbonyl (C=O) groups is 2. The van der Waals surface area contributed by atoms with Crippen LogP contribution in [0, 0.1) is 0 Å². The Balaban J connectivity index is 2.02. The largest absolute Gasteiger partial charge is 0.467 e. The number of nitrogens with zero attached hydrogens (tertiary/aromatic N) is 2. The molecule has 11 nitrogen and oxygen atoms in total. The van der Waals surface area contributed by atoms with Gasteiger partial charge in [-0.1, -0.05) is 13.3 Å². The van der Waals surface area contributed by atoms with Gasteiger partial charge in [0.2, 0.25) is 5.91 Å². The number of urea groups is 1. The molecular weight excluding hydrogens is 368 g/mol. The Bertz CT molecular complexity index is 930. The number of imide groups is 1. The van der Waals surface area contributed by atoms with Crippen molar-refractivity contribution >= 4 is 23.4 Å². The predicted octanol–water partition coefficient (Wildman–Crippen LogP) is -0.0259. The zero-order chi connectivity index (χ0) is 20.7. The molecule has 0 atom stereocenters. The molecule has 11 heteroatoms. The van der Waals surface area contributed by atoms with Crippen molar-refractivity contribution in [2.45, 2.75) is 32.9 Å². The van der Waals surface area contributed by atoms with Crippen LogP contribution in [-0.2, 0) is 17.9 Å². The zero-order valence-corrected chi connectivity index (χ0v) is 15.8. The van der Waals surface area contributed by atoms with Crippen LogP contribution in [0.2, 0.25) is 0 Å². The summed E-state index contributed by atoms with van der Waals surface area (Å²) in [6.45, 7) is 2.12. The molecule has 2 heterocycles. The first-order valence-corrected chi connectivity index (χ1v) is 8.77. The van der Waals surface area contributed by atoms with Crippen molar-refractivity contribution in [2.75, 3.05) is 24.2 Å². The highest BCUT2D eigenvalue weighted by Gasteiger charge is 2.19.